The third-order valence-electron chi connectivity index (χ3n) is 7.82. The molecule has 0 radical (unpaired) electrons. The third kappa shape index (κ3) is 23.2. The fourth-order valence-corrected chi connectivity index (χ4v) is 5.78. The van der Waals surface area contributed by atoms with E-state index in [1.54, 1.807) is 6.92 Å². The van der Waals surface area contributed by atoms with Crippen molar-refractivity contribution in [1.82, 2.24) is 0 Å². The molecule has 0 N–H and O–H groups in total. The number of aliphatic carboxylic acids is 1. The molecule has 204 valence electrons. The maximum atomic E-state index is 10.9. The summed E-state index contributed by atoms with van der Waals surface area (Å²) in [5.74, 6) is 0.734. The molecule has 0 rings (SSSR count). The Kier molecular flexibility index (Phi) is 23.8. The highest BCUT2D eigenvalue weighted by Gasteiger charge is 2.15. The number of carboxylic acid groups (broad SMARTS) is 1. The van der Waals surface area contributed by atoms with Gasteiger partial charge in [0.1, 0.15) is 0 Å². The van der Waals surface area contributed by atoms with E-state index in [0.717, 1.165) is 18.8 Å². The predicted molar refractivity (Wildman–Crippen MR) is 149 cm³/mol. The van der Waals surface area contributed by atoms with Gasteiger partial charge in [-0.15, -0.1) is 0 Å². The summed E-state index contributed by atoms with van der Waals surface area (Å²) in [5, 5.41) is 10.9. The number of hydrogen-bond acceptors (Lipinski definition) is 2. The van der Waals surface area contributed by atoms with Gasteiger partial charge in [0.25, 0.3) is 0 Å². The average Bonchev–Trinajstić information content (AvgIpc) is 2.77. The Morgan fingerprint density at radius 2 is 0.824 bits per heavy atom. The van der Waals surface area contributed by atoms with Crippen molar-refractivity contribution in [3.05, 3.63) is 0 Å². The number of unbranched alkanes of at least 4 members (excludes halogenated alkanes) is 17. The molecule has 0 aliphatic carbocycles. The first-order valence-electron chi connectivity index (χ1n) is 15.6. The van der Waals surface area contributed by atoms with E-state index in [2.05, 4.69) is 27.7 Å². The zero-order valence-corrected chi connectivity index (χ0v) is 24.2. The maximum absolute atomic E-state index is 10.9. The van der Waals surface area contributed by atoms with Crippen LogP contribution in [0.25, 0.3) is 0 Å². The average molecular weight is 480 g/mol. The van der Waals surface area contributed by atoms with Gasteiger partial charge in [0.15, 0.2) is 0 Å². The van der Waals surface area contributed by atoms with E-state index in [4.69, 9.17) is 0 Å². The summed E-state index contributed by atoms with van der Waals surface area (Å²) in [6.07, 6.45) is 30.4. The molecule has 2 nitrogen and oxygen atoms in total. The molecule has 0 heterocycles. The Balaban J connectivity index is 3.38. The molecule has 0 bridgehead atoms. The second-order valence-corrected chi connectivity index (χ2v) is 12.0. The third-order valence-corrected chi connectivity index (χ3v) is 7.82. The molecule has 0 aromatic carbocycles. The van der Waals surface area contributed by atoms with Gasteiger partial charge in [-0.2, -0.15) is 0 Å². The second kappa shape index (κ2) is 24.2. The first-order chi connectivity index (χ1) is 16.4. The van der Waals surface area contributed by atoms with E-state index in [9.17, 15) is 9.90 Å². The number of carbonyl (C=O) groups excluding carboxylic acids is 1. The quantitative estimate of drug-likeness (QED) is 0.116. The van der Waals surface area contributed by atoms with Gasteiger partial charge in [-0.25, -0.2) is 0 Å². The zero-order valence-electron chi connectivity index (χ0n) is 24.2. The molecule has 0 saturated heterocycles. The number of carboxylic acids is 1. The lowest BCUT2D eigenvalue weighted by Gasteiger charge is -2.23. The number of rotatable bonds is 26. The molecule has 0 aromatic rings. The molecule has 0 fully saturated rings. The van der Waals surface area contributed by atoms with Crippen LogP contribution in [0.4, 0.5) is 0 Å². The molecule has 0 amide bonds. The highest BCUT2D eigenvalue weighted by molar-refractivity contribution is 5.66. The topological polar surface area (TPSA) is 40.1 Å². The van der Waals surface area contributed by atoms with Gasteiger partial charge in [0.2, 0.25) is 0 Å². The molecule has 0 aliphatic rings. The molecular weight excluding hydrogens is 416 g/mol. The lowest BCUT2D eigenvalue weighted by Crippen LogP contribution is -2.30. The van der Waals surface area contributed by atoms with Gasteiger partial charge in [0, 0.05) is 5.97 Å². The summed E-state index contributed by atoms with van der Waals surface area (Å²) in [6, 6.07) is 0. The summed E-state index contributed by atoms with van der Waals surface area (Å²) in [6.45, 7) is 11.0. The SMILES string of the molecule is CCCCCCCCCCCCCCCCCCCC[C@@H](C)C[C@@H](C)C[C@@H](C)C[C@@H](C)C(=O)[O-]. The van der Waals surface area contributed by atoms with E-state index in [-0.39, 0.29) is 5.92 Å². The van der Waals surface area contributed by atoms with Gasteiger partial charge in [0.05, 0.1) is 0 Å². The van der Waals surface area contributed by atoms with Crippen molar-refractivity contribution in [2.75, 3.05) is 0 Å². The molecule has 4 atom stereocenters. The fourth-order valence-electron chi connectivity index (χ4n) is 5.78. The van der Waals surface area contributed by atoms with E-state index in [1.807, 2.05) is 0 Å². The zero-order chi connectivity index (χ0) is 25.4. The normalized spacial score (nSPS) is 15.2. The van der Waals surface area contributed by atoms with Crippen LogP contribution in [-0.2, 0) is 4.79 Å². The van der Waals surface area contributed by atoms with Crippen molar-refractivity contribution in [1.29, 1.82) is 0 Å². The molecule has 0 saturated carbocycles. The highest BCUT2D eigenvalue weighted by atomic mass is 16.4. The van der Waals surface area contributed by atoms with Crippen LogP contribution in [0, 0.1) is 23.7 Å². The summed E-state index contributed by atoms with van der Waals surface area (Å²) in [5.41, 5.74) is 0. The Hall–Kier alpha value is -0.530. The summed E-state index contributed by atoms with van der Waals surface area (Å²) in [4.78, 5) is 10.9. The van der Waals surface area contributed by atoms with Crippen LogP contribution in [-0.4, -0.2) is 5.97 Å². The van der Waals surface area contributed by atoms with Gasteiger partial charge in [-0.3, -0.25) is 0 Å². The van der Waals surface area contributed by atoms with Crippen molar-refractivity contribution in [2.24, 2.45) is 23.7 Å². The Morgan fingerprint density at radius 1 is 0.500 bits per heavy atom. The maximum Gasteiger partial charge on any atom is 0.0442 e. The molecule has 34 heavy (non-hydrogen) atoms. The van der Waals surface area contributed by atoms with Crippen molar-refractivity contribution < 1.29 is 9.90 Å². The van der Waals surface area contributed by atoms with Gasteiger partial charge in [-0.05, 0) is 42.9 Å². The van der Waals surface area contributed by atoms with E-state index >= 15 is 0 Å². The lowest BCUT2D eigenvalue weighted by atomic mass is 9.84. The largest absolute Gasteiger partial charge is 0.550 e. The van der Waals surface area contributed by atoms with E-state index in [1.165, 1.54) is 128 Å². The van der Waals surface area contributed by atoms with Crippen LogP contribution in [0.15, 0.2) is 0 Å². The highest BCUT2D eigenvalue weighted by Crippen LogP contribution is 2.26. The Bertz CT molecular complexity index is 433. The van der Waals surface area contributed by atoms with Crippen LogP contribution < -0.4 is 5.11 Å². The number of carbonyl (C=O) groups is 1. The minimum atomic E-state index is -0.901. The second-order valence-electron chi connectivity index (χ2n) is 12.0. The number of hydrogen-bond donors (Lipinski definition) is 0. The van der Waals surface area contributed by atoms with E-state index < -0.39 is 5.97 Å². The lowest BCUT2D eigenvalue weighted by molar-refractivity contribution is -0.311. The minimum absolute atomic E-state index is 0.320. The fraction of sp³-hybridized carbons (Fsp3) is 0.969. The smallest absolute Gasteiger partial charge is 0.0442 e. The van der Waals surface area contributed by atoms with Crippen LogP contribution >= 0.6 is 0 Å². The van der Waals surface area contributed by atoms with Gasteiger partial charge < -0.3 is 9.90 Å². The first-order valence-corrected chi connectivity index (χ1v) is 15.6. The van der Waals surface area contributed by atoms with Crippen molar-refractivity contribution in [2.45, 2.75) is 176 Å². The Labute approximate surface area is 215 Å². The van der Waals surface area contributed by atoms with Crippen molar-refractivity contribution in [3.8, 4) is 0 Å². The van der Waals surface area contributed by atoms with Crippen LogP contribution in [0.3, 0.4) is 0 Å². The van der Waals surface area contributed by atoms with Crippen LogP contribution in [0.5, 0.6) is 0 Å². The van der Waals surface area contributed by atoms with Crippen LogP contribution in [0.2, 0.25) is 0 Å². The molecule has 0 spiro atoms. The molecule has 2 heteroatoms. The monoisotopic (exact) mass is 479 g/mol. The first kappa shape index (κ1) is 33.5. The van der Waals surface area contributed by atoms with Crippen molar-refractivity contribution >= 4 is 5.97 Å². The van der Waals surface area contributed by atoms with Gasteiger partial charge >= 0.3 is 0 Å². The summed E-state index contributed by atoms with van der Waals surface area (Å²) >= 11 is 0. The van der Waals surface area contributed by atoms with Crippen molar-refractivity contribution in [3.63, 3.8) is 0 Å². The molecule has 0 aromatic heterocycles. The molecular formula is C32H63O2-. The van der Waals surface area contributed by atoms with Gasteiger partial charge in [-0.1, -0.05) is 157 Å². The summed E-state index contributed by atoms with van der Waals surface area (Å²) in [7, 11) is 0. The summed E-state index contributed by atoms with van der Waals surface area (Å²) < 4.78 is 0. The standard InChI is InChI=1S/C32H64O2/c1-6-7-8-9-10-11-12-13-14-15-16-17-18-19-20-21-22-23-24-28(2)25-29(3)26-30(4)27-31(5)32(33)34/h28-31H,6-27H2,1-5H3,(H,33,34)/p-1/t28-,29-,30-,31-/m1/s1. The Morgan fingerprint density at radius 3 is 1.21 bits per heavy atom. The van der Waals surface area contributed by atoms with Crippen LogP contribution in [0.1, 0.15) is 176 Å². The molecule has 0 aliphatic heterocycles. The minimum Gasteiger partial charge on any atom is -0.550 e. The predicted octanol–water partition coefficient (Wildman–Crippen LogP) is 9.88. The van der Waals surface area contributed by atoms with E-state index in [0.29, 0.717) is 11.8 Å². The molecule has 0 unspecified atom stereocenters.